The van der Waals surface area contributed by atoms with Crippen molar-refractivity contribution >= 4 is 11.2 Å². The number of ether oxygens (including phenoxy) is 1. The summed E-state index contributed by atoms with van der Waals surface area (Å²) in [6.07, 6.45) is 5.31. The molecule has 5 heteroatoms. The summed E-state index contributed by atoms with van der Waals surface area (Å²) in [5.74, 6) is 1.60. The highest BCUT2D eigenvalue weighted by molar-refractivity contribution is 5.76. The lowest BCUT2D eigenvalue weighted by Gasteiger charge is -2.09. The maximum atomic E-state index is 5.91. The number of benzene rings is 1. The Hall–Kier alpha value is -3.21. The molecule has 24 heavy (non-hydrogen) atoms. The third kappa shape index (κ3) is 2.96. The molecule has 118 valence electrons. The van der Waals surface area contributed by atoms with Crippen LogP contribution >= 0.6 is 0 Å². The Labute approximate surface area is 139 Å². The monoisotopic (exact) mass is 316 g/mol. The van der Waals surface area contributed by atoms with E-state index >= 15 is 0 Å². The van der Waals surface area contributed by atoms with Crippen LogP contribution < -0.4 is 4.74 Å². The van der Waals surface area contributed by atoms with Crippen LogP contribution in [0.5, 0.6) is 5.75 Å². The van der Waals surface area contributed by atoms with Gasteiger partial charge in [-0.15, -0.1) is 0 Å². The smallest absolute Gasteiger partial charge is 0.157 e. The van der Waals surface area contributed by atoms with E-state index in [0.717, 1.165) is 39.4 Å². The van der Waals surface area contributed by atoms with Crippen molar-refractivity contribution < 1.29 is 4.74 Å². The van der Waals surface area contributed by atoms with Crippen LogP contribution in [0.2, 0.25) is 0 Å². The Balaban J connectivity index is 1.63. The number of H-pyrrole nitrogens is 1. The fourth-order valence-corrected chi connectivity index (χ4v) is 2.60. The van der Waals surface area contributed by atoms with Crippen LogP contribution in [0.1, 0.15) is 11.1 Å². The van der Waals surface area contributed by atoms with Gasteiger partial charge in [0.1, 0.15) is 23.7 Å². The Kier molecular flexibility index (Phi) is 3.67. The average Bonchev–Trinajstić information content (AvgIpc) is 3.05. The number of nitrogens with one attached hydrogen (secondary N) is 1. The molecule has 0 spiro atoms. The molecule has 1 aromatic carbocycles. The van der Waals surface area contributed by atoms with Gasteiger partial charge >= 0.3 is 0 Å². The minimum atomic E-state index is 0.485. The van der Waals surface area contributed by atoms with Gasteiger partial charge in [-0.3, -0.25) is 4.98 Å². The maximum Gasteiger partial charge on any atom is 0.157 e. The first kappa shape index (κ1) is 14.4. The van der Waals surface area contributed by atoms with Gasteiger partial charge in [-0.05, 0) is 48.9 Å². The second kappa shape index (κ2) is 6.12. The van der Waals surface area contributed by atoms with E-state index in [9.17, 15) is 0 Å². The van der Waals surface area contributed by atoms with Crippen molar-refractivity contribution in [3.8, 4) is 17.1 Å². The van der Waals surface area contributed by atoms with Crippen LogP contribution in [-0.4, -0.2) is 19.9 Å². The third-order valence-electron chi connectivity index (χ3n) is 3.71. The Morgan fingerprint density at radius 2 is 2.00 bits per heavy atom. The Morgan fingerprint density at radius 3 is 2.83 bits per heavy atom. The van der Waals surface area contributed by atoms with Crippen molar-refractivity contribution in [2.45, 2.75) is 13.5 Å². The van der Waals surface area contributed by atoms with Gasteiger partial charge in [0.15, 0.2) is 5.65 Å². The molecule has 0 aliphatic carbocycles. The number of rotatable bonds is 4. The Morgan fingerprint density at radius 1 is 1.08 bits per heavy atom. The fourth-order valence-electron chi connectivity index (χ4n) is 2.60. The van der Waals surface area contributed by atoms with Crippen LogP contribution in [0, 0.1) is 6.92 Å². The molecule has 1 N–H and O–H groups in total. The number of aromatic nitrogens is 4. The maximum absolute atomic E-state index is 5.91. The zero-order valence-electron chi connectivity index (χ0n) is 13.2. The topological polar surface area (TPSA) is 63.7 Å². The highest BCUT2D eigenvalue weighted by Gasteiger charge is 2.08. The molecule has 3 aromatic heterocycles. The van der Waals surface area contributed by atoms with Crippen molar-refractivity contribution in [2.75, 3.05) is 0 Å². The summed E-state index contributed by atoms with van der Waals surface area (Å²) in [6.45, 7) is 2.53. The molecule has 0 bridgehead atoms. The number of hydrogen-bond donors (Lipinski definition) is 1. The molecule has 0 aliphatic rings. The van der Waals surface area contributed by atoms with E-state index in [0.29, 0.717) is 6.61 Å². The van der Waals surface area contributed by atoms with E-state index in [1.807, 2.05) is 49.5 Å². The lowest BCUT2D eigenvalue weighted by atomic mass is 10.1. The molecular formula is C19H16N4O. The molecule has 0 unspecified atom stereocenters. The first-order valence-corrected chi connectivity index (χ1v) is 7.72. The summed E-state index contributed by atoms with van der Waals surface area (Å²) in [6, 6.07) is 13.8. The quantitative estimate of drug-likeness (QED) is 0.620. The van der Waals surface area contributed by atoms with Crippen molar-refractivity contribution in [1.29, 1.82) is 0 Å². The van der Waals surface area contributed by atoms with Crippen molar-refractivity contribution in [2.24, 2.45) is 0 Å². The number of hydrogen-bond acceptors (Lipinski definition) is 4. The molecule has 0 saturated heterocycles. The second-order valence-electron chi connectivity index (χ2n) is 5.64. The molecule has 3 heterocycles. The van der Waals surface area contributed by atoms with Gasteiger partial charge in [0.25, 0.3) is 0 Å². The van der Waals surface area contributed by atoms with E-state index < -0.39 is 0 Å². The highest BCUT2D eigenvalue weighted by Crippen LogP contribution is 2.26. The highest BCUT2D eigenvalue weighted by atomic mass is 16.5. The van der Waals surface area contributed by atoms with Gasteiger partial charge in [0, 0.05) is 29.7 Å². The number of aromatic amines is 1. The van der Waals surface area contributed by atoms with Crippen LogP contribution in [0.15, 0.2) is 61.1 Å². The second-order valence-corrected chi connectivity index (χ2v) is 5.64. The summed E-state index contributed by atoms with van der Waals surface area (Å²) in [5.41, 5.74) is 4.77. The number of pyridine rings is 2. The van der Waals surface area contributed by atoms with E-state index in [-0.39, 0.29) is 0 Å². The molecular weight excluding hydrogens is 300 g/mol. The third-order valence-corrected chi connectivity index (χ3v) is 3.71. The molecule has 4 rings (SSSR count). The standard InChI is InChI=1S/C19H16N4O/c1-13-8-15(18-22-17-5-3-7-21-19(17)23-18)10-16(9-13)24-12-14-4-2-6-20-11-14/h2-11H,12H2,1H3,(H,21,22,23). The molecule has 0 atom stereocenters. The number of imidazole rings is 1. The van der Waals surface area contributed by atoms with E-state index in [1.165, 1.54) is 0 Å². The van der Waals surface area contributed by atoms with Crippen molar-refractivity contribution in [3.63, 3.8) is 0 Å². The minimum absolute atomic E-state index is 0.485. The molecule has 0 radical (unpaired) electrons. The number of fused-ring (bicyclic) bond motifs is 1. The SMILES string of the molecule is Cc1cc(OCc2cccnc2)cc(-c2nc3cccnc3[nH]2)c1. The van der Waals surface area contributed by atoms with Crippen LogP contribution in [0.3, 0.4) is 0 Å². The van der Waals surface area contributed by atoms with Crippen LogP contribution in [0.25, 0.3) is 22.6 Å². The van der Waals surface area contributed by atoms with Gasteiger partial charge < -0.3 is 9.72 Å². The molecule has 5 nitrogen and oxygen atoms in total. The first-order valence-electron chi connectivity index (χ1n) is 7.72. The van der Waals surface area contributed by atoms with Gasteiger partial charge in [0.05, 0.1) is 0 Å². The lowest BCUT2D eigenvalue weighted by molar-refractivity contribution is 0.305. The summed E-state index contributed by atoms with van der Waals surface area (Å²) < 4.78 is 5.91. The summed E-state index contributed by atoms with van der Waals surface area (Å²) >= 11 is 0. The predicted octanol–water partition coefficient (Wildman–Crippen LogP) is 3.91. The molecule has 0 fully saturated rings. The minimum Gasteiger partial charge on any atom is -0.489 e. The first-order chi connectivity index (χ1) is 11.8. The zero-order valence-corrected chi connectivity index (χ0v) is 13.2. The zero-order chi connectivity index (χ0) is 16.4. The lowest BCUT2D eigenvalue weighted by Crippen LogP contribution is -1.96. The summed E-state index contributed by atoms with van der Waals surface area (Å²) in [4.78, 5) is 16.2. The van der Waals surface area contributed by atoms with Gasteiger partial charge in [-0.25, -0.2) is 9.97 Å². The fraction of sp³-hybridized carbons (Fsp3) is 0.105. The predicted molar refractivity (Wildman–Crippen MR) is 92.6 cm³/mol. The summed E-state index contributed by atoms with van der Waals surface area (Å²) in [5, 5.41) is 0. The van der Waals surface area contributed by atoms with Crippen molar-refractivity contribution in [3.05, 3.63) is 72.2 Å². The van der Waals surface area contributed by atoms with E-state index in [1.54, 1.807) is 12.4 Å². The molecule has 0 aliphatic heterocycles. The Bertz CT molecular complexity index is 946. The number of nitrogens with zero attached hydrogens (tertiary/aromatic N) is 3. The summed E-state index contributed by atoms with van der Waals surface area (Å²) in [7, 11) is 0. The largest absolute Gasteiger partial charge is 0.489 e. The number of aryl methyl sites for hydroxylation is 1. The van der Waals surface area contributed by atoms with Gasteiger partial charge in [-0.2, -0.15) is 0 Å². The van der Waals surface area contributed by atoms with Gasteiger partial charge in [0.2, 0.25) is 0 Å². The molecule has 0 amide bonds. The van der Waals surface area contributed by atoms with E-state index in [4.69, 9.17) is 4.74 Å². The van der Waals surface area contributed by atoms with Crippen LogP contribution in [0.4, 0.5) is 0 Å². The molecule has 4 aromatic rings. The average molecular weight is 316 g/mol. The van der Waals surface area contributed by atoms with Crippen molar-refractivity contribution in [1.82, 2.24) is 19.9 Å². The van der Waals surface area contributed by atoms with Gasteiger partial charge in [-0.1, -0.05) is 6.07 Å². The van der Waals surface area contributed by atoms with E-state index in [2.05, 4.69) is 26.0 Å². The normalized spacial score (nSPS) is 10.9. The molecule has 0 saturated carbocycles. The van der Waals surface area contributed by atoms with Crippen LogP contribution in [-0.2, 0) is 6.61 Å².